The standard InChI is InChI=1S/C7H12N/c1-2-3-4-5-6-7-8/h8H,2-3,6-7H2,1H3. The largest absolute Gasteiger partial charge is 0.257 e. The minimum absolute atomic E-state index is 0.441. The Kier molecular flexibility index (Phi) is 6.13. The molecule has 0 rings (SSSR count). The summed E-state index contributed by atoms with van der Waals surface area (Å²) in [6.07, 6.45) is 2.85. The summed E-state index contributed by atoms with van der Waals surface area (Å²) in [7, 11) is 0. The van der Waals surface area contributed by atoms with E-state index in [1.807, 2.05) is 0 Å². The highest BCUT2D eigenvalue weighted by Crippen LogP contribution is 1.81. The van der Waals surface area contributed by atoms with Crippen LogP contribution < -0.4 is 5.73 Å². The van der Waals surface area contributed by atoms with Gasteiger partial charge in [-0.25, -0.2) is 0 Å². The predicted molar refractivity (Wildman–Crippen MR) is 35.3 cm³/mol. The van der Waals surface area contributed by atoms with Gasteiger partial charge in [-0.15, -0.1) is 11.8 Å². The van der Waals surface area contributed by atoms with Gasteiger partial charge >= 0.3 is 0 Å². The molecule has 0 aromatic heterocycles. The lowest BCUT2D eigenvalue weighted by atomic mass is 10.3. The molecule has 45 valence electrons. The molecular weight excluding hydrogens is 98.1 g/mol. The van der Waals surface area contributed by atoms with Crippen molar-refractivity contribution in [2.24, 2.45) is 0 Å². The van der Waals surface area contributed by atoms with Gasteiger partial charge in [0.2, 0.25) is 0 Å². The fourth-order valence-corrected chi connectivity index (χ4v) is 0.364. The van der Waals surface area contributed by atoms with E-state index in [9.17, 15) is 0 Å². The van der Waals surface area contributed by atoms with Crippen molar-refractivity contribution in [1.29, 1.82) is 0 Å². The molecule has 0 unspecified atom stereocenters. The lowest BCUT2D eigenvalue weighted by Gasteiger charge is -1.77. The second-order valence-electron chi connectivity index (χ2n) is 1.60. The van der Waals surface area contributed by atoms with Gasteiger partial charge in [0.15, 0.2) is 0 Å². The summed E-state index contributed by atoms with van der Waals surface area (Å²) >= 11 is 0. The maximum absolute atomic E-state index is 6.74. The van der Waals surface area contributed by atoms with E-state index in [-0.39, 0.29) is 0 Å². The molecule has 1 radical (unpaired) electrons. The highest BCUT2D eigenvalue weighted by atomic mass is 14.5. The van der Waals surface area contributed by atoms with Crippen molar-refractivity contribution >= 4 is 0 Å². The van der Waals surface area contributed by atoms with Crippen LogP contribution in [0.4, 0.5) is 0 Å². The SMILES string of the molecule is CCCC#CCC[NH]. The second kappa shape index (κ2) is 6.52. The summed E-state index contributed by atoms with van der Waals surface area (Å²) in [6.45, 7) is 2.55. The summed E-state index contributed by atoms with van der Waals surface area (Å²) in [5, 5.41) is 0. The monoisotopic (exact) mass is 110 g/mol. The summed E-state index contributed by atoms with van der Waals surface area (Å²) in [6, 6.07) is 0. The molecule has 0 amide bonds. The molecule has 0 spiro atoms. The maximum Gasteiger partial charge on any atom is 0.0228 e. The van der Waals surface area contributed by atoms with Crippen molar-refractivity contribution in [3.8, 4) is 11.8 Å². The number of rotatable bonds is 2. The van der Waals surface area contributed by atoms with Crippen LogP contribution in [0.5, 0.6) is 0 Å². The Hall–Kier alpha value is -0.480. The van der Waals surface area contributed by atoms with Crippen LogP contribution in [0.25, 0.3) is 0 Å². The molecule has 1 N–H and O–H groups in total. The molecule has 1 nitrogen and oxygen atoms in total. The van der Waals surface area contributed by atoms with Crippen LogP contribution in [0.2, 0.25) is 0 Å². The van der Waals surface area contributed by atoms with E-state index in [1.165, 1.54) is 0 Å². The molecule has 1 heteroatoms. The van der Waals surface area contributed by atoms with E-state index >= 15 is 0 Å². The van der Waals surface area contributed by atoms with E-state index in [1.54, 1.807) is 0 Å². The molecule has 0 saturated heterocycles. The van der Waals surface area contributed by atoms with Crippen molar-refractivity contribution in [3.05, 3.63) is 0 Å². The third-order valence-corrected chi connectivity index (χ3v) is 0.750. The molecule has 0 aromatic rings. The minimum Gasteiger partial charge on any atom is -0.257 e. The first kappa shape index (κ1) is 7.52. The quantitative estimate of drug-likeness (QED) is 0.481. The van der Waals surface area contributed by atoms with E-state index < -0.39 is 0 Å². The number of hydrogen-bond acceptors (Lipinski definition) is 0. The Balaban J connectivity index is 2.95. The third kappa shape index (κ3) is 5.52. The van der Waals surface area contributed by atoms with Crippen molar-refractivity contribution in [1.82, 2.24) is 5.73 Å². The third-order valence-electron chi connectivity index (χ3n) is 0.750. The average molecular weight is 110 g/mol. The van der Waals surface area contributed by atoms with Crippen molar-refractivity contribution in [2.45, 2.75) is 26.2 Å². The molecular formula is C7H12N. The molecule has 0 atom stereocenters. The maximum atomic E-state index is 6.74. The van der Waals surface area contributed by atoms with Crippen LogP contribution in [0.15, 0.2) is 0 Å². The molecule has 0 bridgehead atoms. The second-order valence-corrected chi connectivity index (χ2v) is 1.60. The zero-order chi connectivity index (χ0) is 6.24. The summed E-state index contributed by atoms with van der Waals surface area (Å²) in [5.41, 5.74) is 6.74. The van der Waals surface area contributed by atoms with Crippen LogP contribution in [0.3, 0.4) is 0 Å². The first-order valence-electron chi connectivity index (χ1n) is 3.02. The van der Waals surface area contributed by atoms with Gasteiger partial charge in [-0.1, -0.05) is 6.92 Å². The minimum atomic E-state index is 0.441. The topological polar surface area (TPSA) is 23.8 Å². The number of nitrogens with one attached hydrogen (secondary N) is 1. The van der Waals surface area contributed by atoms with Gasteiger partial charge in [0.05, 0.1) is 0 Å². The zero-order valence-corrected chi connectivity index (χ0v) is 5.33. The molecule has 0 aliphatic heterocycles. The van der Waals surface area contributed by atoms with Gasteiger partial charge < -0.3 is 0 Å². The molecule has 0 saturated carbocycles. The highest BCUT2D eigenvalue weighted by Gasteiger charge is 1.70. The Morgan fingerprint density at radius 1 is 1.25 bits per heavy atom. The molecule has 0 heterocycles. The van der Waals surface area contributed by atoms with Gasteiger partial charge in [-0.3, -0.25) is 5.73 Å². The molecule has 0 aliphatic carbocycles. The van der Waals surface area contributed by atoms with Crippen LogP contribution >= 0.6 is 0 Å². The number of hydrogen-bond donors (Lipinski definition) is 0. The van der Waals surface area contributed by atoms with Gasteiger partial charge in [-0.2, -0.15) is 0 Å². The van der Waals surface area contributed by atoms with Crippen molar-refractivity contribution in [2.75, 3.05) is 6.54 Å². The van der Waals surface area contributed by atoms with Gasteiger partial charge in [0, 0.05) is 19.4 Å². The van der Waals surface area contributed by atoms with E-state index in [4.69, 9.17) is 5.73 Å². The summed E-state index contributed by atoms with van der Waals surface area (Å²) in [5.74, 6) is 5.86. The summed E-state index contributed by atoms with van der Waals surface area (Å²) in [4.78, 5) is 0. The average Bonchev–Trinajstić information content (AvgIpc) is 1.81. The Morgan fingerprint density at radius 2 is 1.88 bits per heavy atom. The summed E-state index contributed by atoms with van der Waals surface area (Å²) < 4.78 is 0. The van der Waals surface area contributed by atoms with Gasteiger partial charge in [-0.05, 0) is 6.42 Å². The van der Waals surface area contributed by atoms with Crippen molar-refractivity contribution < 1.29 is 0 Å². The molecule has 8 heavy (non-hydrogen) atoms. The van der Waals surface area contributed by atoms with Crippen LogP contribution in [-0.4, -0.2) is 6.54 Å². The van der Waals surface area contributed by atoms with Crippen LogP contribution in [-0.2, 0) is 0 Å². The van der Waals surface area contributed by atoms with E-state index in [0.29, 0.717) is 6.54 Å². The van der Waals surface area contributed by atoms with Gasteiger partial charge in [0.25, 0.3) is 0 Å². The first-order valence-corrected chi connectivity index (χ1v) is 3.02. The Bertz CT molecular complexity index is 76.3. The fraction of sp³-hybridized carbons (Fsp3) is 0.714. The molecule has 0 aromatic carbocycles. The fourth-order valence-electron chi connectivity index (χ4n) is 0.364. The number of unbranched alkanes of at least 4 members (excludes halogenated alkanes) is 1. The lowest BCUT2D eigenvalue weighted by molar-refractivity contribution is 0.968. The Morgan fingerprint density at radius 3 is 2.38 bits per heavy atom. The van der Waals surface area contributed by atoms with Gasteiger partial charge in [0.1, 0.15) is 0 Å². The smallest absolute Gasteiger partial charge is 0.0228 e. The predicted octanol–water partition coefficient (Wildman–Crippen LogP) is 1.46. The van der Waals surface area contributed by atoms with Crippen LogP contribution in [0.1, 0.15) is 26.2 Å². The van der Waals surface area contributed by atoms with Crippen LogP contribution in [0, 0.1) is 11.8 Å². The zero-order valence-electron chi connectivity index (χ0n) is 5.33. The highest BCUT2D eigenvalue weighted by molar-refractivity contribution is 4.98. The molecule has 0 aliphatic rings. The van der Waals surface area contributed by atoms with Crippen molar-refractivity contribution in [3.63, 3.8) is 0 Å². The lowest BCUT2D eigenvalue weighted by Crippen LogP contribution is -1.78. The normalized spacial score (nSPS) is 7.75. The van der Waals surface area contributed by atoms with E-state index in [2.05, 4.69) is 18.8 Å². The first-order chi connectivity index (χ1) is 3.91. The van der Waals surface area contributed by atoms with E-state index in [0.717, 1.165) is 19.3 Å². The Labute approximate surface area is 51.3 Å². The molecule has 0 fully saturated rings.